The average Bonchev–Trinajstić information content (AvgIpc) is 2.55. The topological polar surface area (TPSA) is 42.5 Å². The molecule has 0 atom stereocenters. The number of methoxy groups -OCH3 is 2. The molecule has 0 spiro atoms. The van der Waals surface area contributed by atoms with Crippen molar-refractivity contribution in [1.82, 2.24) is 0 Å². The zero-order chi connectivity index (χ0) is 16.8. The van der Waals surface area contributed by atoms with Crippen LogP contribution in [0.2, 0.25) is 5.02 Å². The lowest BCUT2D eigenvalue weighted by Crippen LogP contribution is -2.19. The van der Waals surface area contributed by atoms with Crippen molar-refractivity contribution >= 4 is 40.3 Å². The summed E-state index contributed by atoms with van der Waals surface area (Å²) in [6.07, 6.45) is 0.970. The minimum absolute atomic E-state index is 0.456. The second kappa shape index (κ2) is 8.04. The molecular weight excluding hydrogens is 332 g/mol. The van der Waals surface area contributed by atoms with Gasteiger partial charge in [0.1, 0.15) is 11.5 Å². The number of ether oxygens (including phenoxy) is 2. The zero-order valence-corrected chi connectivity index (χ0v) is 14.8. The van der Waals surface area contributed by atoms with Crippen LogP contribution < -0.4 is 20.1 Å². The average molecular weight is 351 g/mol. The first-order valence-corrected chi connectivity index (χ1v) is 7.94. The Balaban J connectivity index is 2.14. The van der Waals surface area contributed by atoms with E-state index in [1.807, 2.05) is 12.1 Å². The van der Waals surface area contributed by atoms with Crippen molar-refractivity contribution in [2.75, 3.05) is 24.9 Å². The number of thiocarbonyl (C=S) groups is 1. The van der Waals surface area contributed by atoms with Crippen LogP contribution in [-0.2, 0) is 6.42 Å². The number of hydrogen-bond acceptors (Lipinski definition) is 3. The van der Waals surface area contributed by atoms with Gasteiger partial charge in [-0.15, -0.1) is 0 Å². The molecule has 0 unspecified atom stereocenters. The van der Waals surface area contributed by atoms with Crippen LogP contribution in [0.4, 0.5) is 11.4 Å². The lowest BCUT2D eigenvalue weighted by atomic mass is 10.1. The molecular formula is C17H19ClN2O2S. The van der Waals surface area contributed by atoms with Crippen molar-refractivity contribution in [1.29, 1.82) is 0 Å². The van der Waals surface area contributed by atoms with Gasteiger partial charge in [-0.1, -0.05) is 30.7 Å². The standard InChI is InChI=1S/C17H19ClN2O2S/c1-4-11-6-5-7-12(8-11)19-17(23)20-14-9-13(18)15(21-2)10-16(14)22-3/h5-10H,4H2,1-3H3,(H2,19,20,23). The molecule has 0 aromatic heterocycles. The van der Waals surface area contributed by atoms with E-state index in [4.69, 9.17) is 33.3 Å². The summed E-state index contributed by atoms with van der Waals surface area (Å²) in [7, 11) is 3.13. The van der Waals surface area contributed by atoms with Gasteiger partial charge < -0.3 is 20.1 Å². The van der Waals surface area contributed by atoms with Gasteiger partial charge >= 0.3 is 0 Å². The summed E-state index contributed by atoms with van der Waals surface area (Å²) >= 11 is 11.5. The van der Waals surface area contributed by atoms with E-state index in [9.17, 15) is 0 Å². The number of hydrogen-bond donors (Lipinski definition) is 2. The number of rotatable bonds is 5. The Morgan fingerprint density at radius 3 is 2.48 bits per heavy atom. The molecule has 0 heterocycles. The Bertz CT molecular complexity index is 707. The van der Waals surface area contributed by atoms with Gasteiger partial charge in [0.05, 0.1) is 24.9 Å². The highest BCUT2D eigenvalue weighted by Gasteiger charge is 2.11. The van der Waals surface area contributed by atoms with Gasteiger partial charge in [0.15, 0.2) is 5.11 Å². The maximum atomic E-state index is 6.16. The molecule has 6 heteroatoms. The van der Waals surface area contributed by atoms with Crippen molar-refractivity contribution in [2.24, 2.45) is 0 Å². The Labute approximate surface area is 146 Å². The lowest BCUT2D eigenvalue weighted by Gasteiger charge is -2.15. The number of benzene rings is 2. The van der Waals surface area contributed by atoms with E-state index in [2.05, 4.69) is 29.7 Å². The van der Waals surface area contributed by atoms with Crippen molar-refractivity contribution in [2.45, 2.75) is 13.3 Å². The van der Waals surface area contributed by atoms with Crippen LogP contribution in [-0.4, -0.2) is 19.3 Å². The van der Waals surface area contributed by atoms with Gasteiger partial charge in [0.2, 0.25) is 0 Å². The molecule has 0 saturated carbocycles. The number of halogens is 1. The van der Waals surface area contributed by atoms with Gasteiger partial charge in [0.25, 0.3) is 0 Å². The summed E-state index contributed by atoms with van der Waals surface area (Å²) in [5.74, 6) is 1.14. The third-order valence-electron chi connectivity index (χ3n) is 3.32. The first kappa shape index (κ1) is 17.4. The minimum Gasteiger partial charge on any atom is -0.495 e. The largest absolute Gasteiger partial charge is 0.495 e. The predicted molar refractivity (Wildman–Crippen MR) is 100 cm³/mol. The first-order valence-electron chi connectivity index (χ1n) is 7.15. The molecule has 0 aliphatic heterocycles. The Morgan fingerprint density at radius 2 is 1.83 bits per heavy atom. The van der Waals surface area contributed by atoms with Crippen molar-refractivity contribution in [3.63, 3.8) is 0 Å². The quantitative estimate of drug-likeness (QED) is 0.763. The Hall–Kier alpha value is -1.98. The van der Waals surface area contributed by atoms with Gasteiger partial charge in [-0.3, -0.25) is 0 Å². The summed E-state index contributed by atoms with van der Waals surface area (Å²) in [6.45, 7) is 2.11. The SMILES string of the molecule is CCc1cccc(NC(=S)Nc2cc(Cl)c(OC)cc2OC)c1. The molecule has 2 aromatic carbocycles. The fourth-order valence-corrected chi connectivity index (χ4v) is 2.58. The predicted octanol–water partition coefficient (Wildman–Crippen LogP) is 4.73. The van der Waals surface area contributed by atoms with Crippen LogP contribution in [0.1, 0.15) is 12.5 Å². The lowest BCUT2D eigenvalue weighted by molar-refractivity contribution is 0.396. The van der Waals surface area contributed by atoms with Gasteiger partial charge in [0, 0.05) is 11.8 Å². The summed E-state index contributed by atoms with van der Waals surface area (Å²) in [5.41, 5.74) is 2.84. The molecule has 0 aliphatic carbocycles. The molecule has 23 heavy (non-hydrogen) atoms. The molecule has 0 radical (unpaired) electrons. The maximum absolute atomic E-state index is 6.16. The molecule has 4 nitrogen and oxygen atoms in total. The third-order valence-corrected chi connectivity index (χ3v) is 3.81. The van der Waals surface area contributed by atoms with Crippen LogP contribution in [0.15, 0.2) is 36.4 Å². The first-order chi connectivity index (χ1) is 11.1. The number of nitrogens with one attached hydrogen (secondary N) is 2. The monoisotopic (exact) mass is 350 g/mol. The van der Waals surface area contributed by atoms with E-state index in [-0.39, 0.29) is 0 Å². The summed E-state index contributed by atoms with van der Waals surface area (Å²) in [4.78, 5) is 0. The van der Waals surface area contributed by atoms with Crippen LogP contribution >= 0.6 is 23.8 Å². The van der Waals surface area contributed by atoms with Crippen molar-refractivity contribution in [3.8, 4) is 11.5 Å². The van der Waals surface area contributed by atoms with Gasteiger partial charge in [-0.2, -0.15) is 0 Å². The second-order valence-corrected chi connectivity index (χ2v) is 5.64. The van der Waals surface area contributed by atoms with E-state index in [1.165, 1.54) is 5.56 Å². The Morgan fingerprint density at radius 1 is 1.09 bits per heavy atom. The smallest absolute Gasteiger partial charge is 0.175 e. The van der Waals surface area contributed by atoms with E-state index in [0.717, 1.165) is 12.1 Å². The van der Waals surface area contributed by atoms with Crippen LogP contribution in [0.5, 0.6) is 11.5 Å². The van der Waals surface area contributed by atoms with Gasteiger partial charge in [-0.05, 0) is 42.4 Å². The van der Waals surface area contributed by atoms with Crippen molar-refractivity contribution < 1.29 is 9.47 Å². The van der Waals surface area contributed by atoms with Crippen LogP contribution in [0.3, 0.4) is 0 Å². The zero-order valence-electron chi connectivity index (χ0n) is 13.3. The minimum atomic E-state index is 0.456. The van der Waals surface area contributed by atoms with E-state index >= 15 is 0 Å². The fraction of sp³-hybridized carbons (Fsp3) is 0.235. The molecule has 2 N–H and O–H groups in total. The number of anilines is 2. The fourth-order valence-electron chi connectivity index (χ4n) is 2.11. The highest BCUT2D eigenvalue weighted by Crippen LogP contribution is 2.35. The summed E-state index contributed by atoms with van der Waals surface area (Å²) in [6, 6.07) is 11.5. The molecule has 0 amide bonds. The van der Waals surface area contributed by atoms with E-state index < -0.39 is 0 Å². The highest BCUT2D eigenvalue weighted by molar-refractivity contribution is 7.80. The van der Waals surface area contributed by atoms with E-state index in [1.54, 1.807) is 26.4 Å². The molecule has 0 bridgehead atoms. The van der Waals surface area contributed by atoms with Crippen LogP contribution in [0.25, 0.3) is 0 Å². The molecule has 122 valence electrons. The van der Waals surface area contributed by atoms with Crippen LogP contribution in [0, 0.1) is 0 Å². The summed E-state index contributed by atoms with van der Waals surface area (Å²) < 4.78 is 10.5. The molecule has 0 fully saturated rings. The van der Waals surface area contributed by atoms with Crippen molar-refractivity contribution in [3.05, 3.63) is 47.0 Å². The molecule has 0 aliphatic rings. The number of aryl methyl sites for hydroxylation is 1. The second-order valence-electron chi connectivity index (χ2n) is 4.82. The van der Waals surface area contributed by atoms with Gasteiger partial charge in [-0.25, -0.2) is 0 Å². The van der Waals surface area contributed by atoms with E-state index in [0.29, 0.717) is 27.3 Å². The third kappa shape index (κ3) is 4.50. The molecule has 2 aromatic rings. The maximum Gasteiger partial charge on any atom is 0.175 e. The molecule has 2 rings (SSSR count). The normalized spacial score (nSPS) is 10.1. The summed E-state index contributed by atoms with van der Waals surface area (Å²) in [5, 5.41) is 7.18. The highest BCUT2D eigenvalue weighted by atomic mass is 35.5. The molecule has 0 saturated heterocycles. The Kier molecular flexibility index (Phi) is 6.07.